The minimum absolute atomic E-state index is 0.0266. The van der Waals surface area contributed by atoms with E-state index in [-0.39, 0.29) is 11.3 Å². The molecule has 5 heteroatoms. The fourth-order valence-corrected chi connectivity index (χ4v) is 2.88. The molecule has 1 aromatic carbocycles. The predicted molar refractivity (Wildman–Crippen MR) is 62.5 cm³/mol. The molecule has 3 nitrogen and oxygen atoms in total. The number of thiophene rings is 1. The Bertz CT molecular complexity index is 533. The molecule has 1 N–H and O–H groups in total. The standard InChI is InChI=1S/C10H7BrO3S/c1-14-10(13)5-2-3-7-6(9(5)12)4-8(11)15-7/h2-4,12H,1H3. The fourth-order valence-electron chi connectivity index (χ4n) is 1.34. The monoisotopic (exact) mass is 286 g/mol. The molecule has 0 bridgehead atoms. The van der Waals surface area contributed by atoms with Crippen molar-refractivity contribution in [2.75, 3.05) is 7.11 Å². The Morgan fingerprint density at radius 2 is 2.27 bits per heavy atom. The third-order valence-electron chi connectivity index (χ3n) is 2.05. The smallest absolute Gasteiger partial charge is 0.341 e. The first-order chi connectivity index (χ1) is 7.13. The van der Waals surface area contributed by atoms with Gasteiger partial charge in [-0.2, -0.15) is 0 Å². The van der Waals surface area contributed by atoms with Crippen LogP contribution in [0.3, 0.4) is 0 Å². The van der Waals surface area contributed by atoms with Gasteiger partial charge in [0.25, 0.3) is 0 Å². The number of benzene rings is 1. The van der Waals surface area contributed by atoms with Crippen LogP contribution in [-0.4, -0.2) is 18.2 Å². The molecule has 2 rings (SSSR count). The van der Waals surface area contributed by atoms with Crippen molar-refractivity contribution >= 4 is 43.3 Å². The maximum atomic E-state index is 11.3. The van der Waals surface area contributed by atoms with E-state index >= 15 is 0 Å². The molecule has 0 saturated carbocycles. The number of fused-ring (bicyclic) bond motifs is 1. The van der Waals surface area contributed by atoms with Crippen LogP contribution in [0.2, 0.25) is 0 Å². The van der Waals surface area contributed by atoms with Crippen molar-refractivity contribution in [3.8, 4) is 5.75 Å². The van der Waals surface area contributed by atoms with Gasteiger partial charge in [-0.05, 0) is 34.1 Å². The van der Waals surface area contributed by atoms with Crippen molar-refractivity contribution in [3.05, 3.63) is 27.5 Å². The van der Waals surface area contributed by atoms with Gasteiger partial charge in [0.15, 0.2) is 0 Å². The molecule has 1 heterocycles. The van der Waals surface area contributed by atoms with Crippen LogP contribution in [0.5, 0.6) is 5.75 Å². The number of aromatic hydroxyl groups is 1. The Morgan fingerprint density at radius 3 is 2.93 bits per heavy atom. The first-order valence-electron chi connectivity index (χ1n) is 4.13. The highest BCUT2D eigenvalue weighted by atomic mass is 79.9. The van der Waals surface area contributed by atoms with Crippen LogP contribution >= 0.6 is 27.3 Å². The molecule has 1 aromatic heterocycles. The van der Waals surface area contributed by atoms with E-state index in [1.807, 2.05) is 0 Å². The molecule has 0 saturated heterocycles. The van der Waals surface area contributed by atoms with Crippen molar-refractivity contribution in [2.24, 2.45) is 0 Å². The van der Waals surface area contributed by atoms with Crippen LogP contribution in [0.1, 0.15) is 10.4 Å². The molecule has 0 atom stereocenters. The molecule has 0 amide bonds. The molecule has 0 radical (unpaired) electrons. The summed E-state index contributed by atoms with van der Waals surface area (Å²) in [6.45, 7) is 0. The zero-order valence-electron chi connectivity index (χ0n) is 7.78. The van der Waals surface area contributed by atoms with Gasteiger partial charge in [0.05, 0.1) is 10.9 Å². The molecule has 0 aliphatic rings. The van der Waals surface area contributed by atoms with Crippen molar-refractivity contribution in [1.29, 1.82) is 0 Å². The van der Waals surface area contributed by atoms with E-state index in [1.165, 1.54) is 18.4 Å². The second-order valence-electron chi connectivity index (χ2n) is 2.92. The summed E-state index contributed by atoms with van der Waals surface area (Å²) >= 11 is 4.83. The number of hydrogen-bond donors (Lipinski definition) is 1. The van der Waals surface area contributed by atoms with Crippen LogP contribution in [0, 0.1) is 0 Å². The van der Waals surface area contributed by atoms with Crippen LogP contribution in [0.4, 0.5) is 0 Å². The number of esters is 1. The van der Waals surface area contributed by atoms with Crippen LogP contribution < -0.4 is 0 Å². The van der Waals surface area contributed by atoms with Gasteiger partial charge < -0.3 is 9.84 Å². The molecule has 0 aliphatic heterocycles. The number of carbonyl (C=O) groups excluding carboxylic acids is 1. The van der Waals surface area contributed by atoms with Crippen molar-refractivity contribution < 1.29 is 14.6 Å². The van der Waals surface area contributed by atoms with Crippen molar-refractivity contribution in [1.82, 2.24) is 0 Å². The summed E-state index contributed by atoms with van der Waals surface area (Å²) in [5, 5.41) is 10.5. The Kier molecular flexibility index (Phi) is 2.67. The van der Waals surface area contributed by atoms with E-state index in [1.54, 1.807) is 18.2 Å². The Labute approximate surface area is 98.4 Å². The van der Waals surface area contributed by atoms with Crippen LogP contribution in [0.25, 0.3) is 10.1 Å². The second-order valence-corrected chi connectivity index (χ2v) is 5.38. The lowest BCUT2D eigenvalue weighted by Crippen LogP contribution is -2.00. The number of carbonyl (C=O) groups is 1. The maximum Gasteiger partial charge on any atom is 0.341 e. The summed E-state index contributed by atoms with van der Waals surface area (Å²) in [5.41, 5.74) is 0.190. The minimum atomic E-state index is -0.531. The van der Waals surface area contributed by atoms with Crippen LogP contribution in [-0.2, 0) is 4.74 Å². The number of methoxy groups -OCH3 is 1. The lowest BCUT2D eigenvalue weighted by molar-refractivity contribution is 0.0598. The number of phenolic OH excluding ortho intramolecular Hbond substituents is 1. The van der Waals surface area contributed by atoms with Gasteiger partial charge in [0.2, 0.25) is 0 Å². The van der Waals surface area contributed by atoms with Gasteiger partial charge in [0, 0.05) is 10.1 Å². The molecule has 2 aromatic rings. The first kappa shape index (κ1) is 10.4. The van der Waals surface area contributed by atoms with E-state index in [9.17, 15) is 9.90 Å². The average Bonchev–Trinajstić information content (AvgIpc) is 2.59. The topological polar surface area (TPSA) is 46.5 Å². The molecular formula is C10H7BrO3S. The summed E-state index contributed by atoms with van der Waals surface area (Å²) in [7, 11) is 1.29. The third kappa shape index (κ3) is 1.72. The molecule has 15 heavy (non-hydrogen) atoms. The lowest BCUT2D eigenvalue weighted by atomic mass is 10.1. The summed E-state index contributed by atoms with van der Waals surface area (Å²) in [4.78, 5) is 11.3. The average molecular weight is 287 g/mol. The zero-order valence-corrected chi connectivity index (χ0v) is 10.2. The van der Waals surface area contributed by atoms with E-state index in [0.717, 1.165) is 8.49 Å². The van der Waals surface area contributed by atoms with E-state index < -0.39 is 5.97 Å². The second kappa shape index (κ2) is 3.83. The Morgan fingerprint density at radius 1 is 1.53 bits per heavy atom. The fraction of sp³-hybridized carbons (Fsp3) is 0.100. The molecule has 0 aliphatic carbocycles. The normalized spacial score (nSPS) is 10.5. The summed E-state index contributed by atoms with van der Waals surface area (Å²) < 4.78 is 6.40. The number of ether oxygens (including phenoxy) is 1. The Hall–Kier alpha value is -1.07. The number of halogens is 1. The number of phenols is 1. The highest BCUT2D eigenvalue weighted by Gasteiger charge is 2.15. The zero-order chi connectivity index (χ0) is 11.0. The van der Waals surface area contributed by atoms with E-state index in [4.69, 9.17) is 0 Å². The Balaban J connectivity index is 2.69. The molecule has 0 spiro atoms. The number of rotatable bonds is 1. The van der Waals surface area contributed by atoms with Gasteiger partial charge in [-0.3, -0.25) is 0 Å². The lowest BCUT2D eigenvalue weighted by Gasteiger charge is -2.02. The maximum absolute atomic E-state index is 11.3. The van der Waals surface area contributed by atoms with Gasteiger partial charge in [-0.1, -0.05) is 0 Å². The largest absolute Gasteiger partial charge is 0.506 e. The van der Waals surface area contributed by atoms with Crippen molar-refractivity contribution in [3.63, 3.8) is 0 Å². The first-order valence-corrected chi connectivity index (χ1v) is 5.73. The number of hydrogen-bond acceptors (Lipinski definition) is 4. The van der Waals surface area contributed by atoms with E-state index in [2.05, 4.69) is 20.7 Å². The van der Waals surface area contributed by atoms with Gasteiger partial charge in [-0.15, -0.1) is 11.3 Å². The molecule has 78 valence electrons. The predicted octanol–water partition coefficient (Wildman–Crippen LogP) is 3.16. The SMILES string of the molecule is COC(=O)c1ccc2sc(Br)cc2c1O. The summed E-state index contributed by atoms with van der Waals surface area (Å²) in [6.07, 6.45) is 0. The highest BCUT2D eigenvalue weighted by Crippen LogP contribution is 2.37. The summed E-state index contributed by atoms with van der Waals surface area (Å²) in [5.74, 6) is -0.557. The summed E-state index contributed by atoms with van der Waals surface area (Å²) in [6, 6.07) is 5.13. The third-order valence-corrected chi connectivity index (χ3v) is 3.65. The minimum Gasteiger partial charge on any atom is -0.506 e. The van der Waals surface area contributed by atoms with Gasteiger partial charge in [-0.25, -0.2) is 4.79 Å². The van der Waals surface area contributed by atoms with Gasteiger partial charge in [0.1, 0.15) is 11.3 Å². The highest BCUT2D eigenvalue weighted by molar-refractivity contribution is 9.11. The molecule has 0 unspecified atom stereocenters. The molecule has 0 fully saturated rings. The van der Waals surface area contributed by atoms with Crippen molar-refractivity contribution in [2.45, 2.75) is 0 Å². The molecular weight excluding hydrogens is 280 g/mol. The van der Waals surface area contributed by atoms with E-state index in [0.29, 0.717) is 5.39 Å². The quantitative estimate of drug-likeness (QED) is 0.819. The van der Waals surface area contributed by atoms with Crippen LogP contribution in [0.15, 0.2) is 22.0 Å². The van der Waals surface area contributed by atoms with Gasteiger partial charge >= 0.3 is 5.97 Å².